The quantitative estimate of drug-likeness (QED) is 0.758. The molecule has 0 saturated heterocycles. The smallest absolute Gasteiger partial charge is 0.320 e. The van der Waals surface area contributed by atoms with E-state index >= 15 is 0 Å². The highest BCUT2D eigenvalue weighted by Gasteiger charge is 2.35. The van der Waals surface area contributed by atoms with Crippen molar-refractivity contribution < 1.29 is 19.4 Å². The van der Waals surface area contributed by atoms with E-state index in [1.807, 2.05) is 18.2 Å². The minimum atomic E-state index is -0.750. The van der Waals surface area contributed by atoms with Gasteiger partial charge in [0.2, 0.25) is 0 Å². The van der Waals surface area contributed by atoms with Gasteiger partial charge in [0.15, 0.2) is 11.5 Å². The summed E-state index contributed by atoms with van der Waals surface area (Å²) in [4.78, 5) is 11.1. The average Bonchev–Trinajstić information content (AvgIpc) is 3.27. The van der Waals surface area contributed by atoms with Crippen LogP contribution in [0.2, 0.25) is 0 Å². The van der Waals surface area contributed by atoms with E-state index in [0.717, 1.165) is 24.8 Å². The molecule has 0 aromatic heterocycles. The van der Waals surface area contributed by atoms with Gasteiger partial charge in [-0.25, -0.2) is 0 Å². The molecule has 0 aliphatic heterocycles. The molecule has 0 radical (unpaired) electrons. The summed E-state index contributed by atoms with van der Waals surface area (Å²) < 4.78 is 10.4. The van der Waals surface area contributed by atoms with Crippen molar-refractivity contribution in [3.05, 3.63) is 23.8 Å². The molecule has 1 unspecified atom stereocenters. The van der Waals surface area contributed by atoms with Crippen molar-refractivity contribution in [3.8, 4) is 11.5 Å². The molecule has 110 valence electrons. The number of methoxy groups -OCH3 is 2. The van der Waals surface area contributed by atoms with E-state index in [2.05, 4.69) is 5.32 Å². The molecule has 0 bridgehead atoms. The van der Waals surface area contributed by atoms with Crippen LogP contribution in [0.5, 0.6) is 11.5 Å². The summed E-state index contributed by atoms with van der Waals surface area (Å²) in [6.45, 7) is 0.642. The summed E-state index contributed by atoms with van der Waals surface area (Å²) in [5, 5.41) is 12.3. The number of nitrogens with one attached hydrogen (secondary N) is 1. The topological polar surface area (TPSA) is 67.8 Å². The number of hydrogen-bond donors (Lipinski definition) is 2. The van der Waals surface area contributed by atoms with Gasteiger partial charge in [0.05, 0.1) is 14.2 Å². The van der Waals surface area contributed by atoms with Crippen molar-refractivity contribution in [1.82, 2.24) is 5.32 Å². The summed E-state index contributed by atoms with van der Waals surface area (Å²) in [7, 11) is 3.21. The molecule has 1 aromatic carbocycles. The summed E-state index contributed by atoms with van der Waals surface area (Å²) in [6, 6.07) is 5.35. The number of rotatable bonds is 8. The maximum atomic E-state index is 11.1. The molecule has 1 aliphatic rings. The number of carboxylic acid groups (broad SMARTS) is 1. The number of aliphatic carboxylic acids is 1. The molecular weight excluding hydrogens is 258 g/mol. The first-order valence-corrected chi connectivity index (χ1v) is 6.82. The highest BCUT2D eigenvalue weighted by Crippen LogP contribution is 2.32. The Hall–Kier alpha value is -1.75. The number of carboxylic acids is 1. The minimum absolute atomic E-state index is 0.304. The first-order chi connectivity index (χ1) is 9.65. The van der Waals surface area contributed by atoms with Crippen LogP contribution in [0.3, 0.4) is 0 Å². The lowest BCUT2D eigenvalue weighted by Gasteiger charge is -2.14. The Morgan fingerprint density at radius 2 is 2.05 bits per heavy atom. The summed E-state index contributed by atoms with van der Waals surface area (Å²) >= 11 is 0. The third-order valence-electron chi connectivity index (χ3n) is 3.59. The minimum Gasteiger partial charge on any atom is -0.493 e. The Bertz CT molecular complexity index is 471. The van der Waals surface area contributed by atoms with Crippen molar-refractivity contribution in [2.75, 3.05) is 20.8 Å². The predicted molar refractivity (Wildman–Crippen MR) is 75.4 cm³/mol. The molecule has 5 heteroatoms. The fraction of sp³-hybridized carbons (Fsp3) is 0.533. The second kappa shape index (κ2) is 6.61. The Labute approximate surface area is 118 Å². The van der Waals surface area contributed by atoms with Gasteiger partial charge in [-0.3, -0.25) is 4.79 Å². The molecule has 0 heterocycles. The molecule has 1 saturated carbocycles. The first kappa shape index (κ1) is 14.7. The average molecular weight is 279 g/mol. The summed E-state index contributed by atoms with van der Waals surface area (Å²) in [5.74, 6) is 0.949. The number of benzene rings is 1. The van der Waals surface area contributed by atoms with Gasteiger partial charge < -0.3 is 19.9 Å². The van der Waals surface area contributed by atoms with Gasteiger partial charge in [0.25, 0.3) is 0 Å². The van der Waals surface area contributed by atoms with E-state index in [4.69, 9.17) is 14.6 Å². The number of ether oxygens (including phenoxy) is 2. The van der Waals surface area contributed by atoms with E-state index in [1.54, 1.807) is 14.2 Å². The Kier molecular flexibility index (Phi) is 4.84. The van der Waals surface area contributed by atoms with Gasteiger partial charge in [-0.1, -0.05) is 6.07 Å². The maximum Gasteiger partial charge on any atom is 0.320 e. The van der Waals surface area contributed by atoms with Crippen LogP contribution in [0.15, 0.2) is 18.2 Å². The number of carbonyl (C=O) groups is 1. The molecule has 2 N–H and O–H groups in total. The van der Waals surface area contributed by atoms with Gasteiger partial charge in [-0.15, -0.1) is 0 Å². The van der Waals surface area contributed by atoms with E-state index < -0.39 is 12.0 Å². The highest BCUT2D eigenvalue weighted by atomic mass is 16.5. The highest BCUT2D eigenvalue weighted by molar-refractivity contribution is 5.74. The molecule has 5 nitrogen and oxygen atoms in total. The standard InChI is InChI=1S/C15H21NO4/c1-19-12-6-3-10(9-13(12)20-2)7-8-16-14(15(17)18)11-4-5-11/h3,6,9,11,14,16H,4-5,7-8H2,1-2H3,(H,17,18). The molecule has 1 atom stereocenters. The number of hydrogen-bond acceptors (Lipinski definition) is 4. The van der Waals surface area contributed by atoms with Crippen LogP contribution in [0, 0.1) is 5.92 Å². The van der Waals surface area contributed by atoms with Gasteiger partial charge in [0, 0.05) is 0 Å². The summed E-state index contributed by atoms with van der Waals surface area (Å²) in [6.07, 6.45) is 2.79. The summed E-state index contributed by atoms with van der Waals surface area (Å²) in [5.41, 5.74) is 1.09. The fourth-order valence-electron chi connectivity index (χ4n) is 2.29. The molecule has 2 rings (SSSR count). The van der Waals surface area contributed by atoms with Crippen LogP contribution in [0.4, 0.5) is 0 Å². The van der Waals surface area contributed by atoms with Crippen LogP contribution >= 0.6 is 0 Å². The zero-order valence-electron chi connectivity index (χ0n) is 11.9. The first-order valence-electron chi connectivity index (χ1n) is 6.82. The van der Waals surface area contributed by atoms with E-state index in [-0.39, 0.29) is 0 Å². The molecule has 1 fully saturated rings. The van der Waals surface area contributed by atoms with Crippen molar-refractivity contribution in [3.63, 3.8) is 0 Å². The van der Waals surface area contributed by atoms with Crippen molar-refractivity contribution in [1.29, 1.82) is 0 Å². The van der Waals surface area contributed by atoms with Crippen molar-refractivity contribution in [2.45, 2.75) is 25.3 Å². The largest absolute Gasteiger partial charge is 0.493 e. The normalized spacial score (nSPS) is 15.7. The van der Waals surface area contributed by atoms with Crippen molar-refractivity contribution >= 4 is 5.97 Å². The second-order valence-corrected chi connectivity index (χ2v) is 5.05. The van der Waals surface area contributed by atoms with Crippen LogP contribution in [0.25, 0.3) is 0 Å². The van der Waals surface area contributed by atoms with E-state index in [1.165, 1.54) is 0 Å². The van der Waals surface area contributed by atoms with E-state index in [0.29, 0.717) is 24.0 Å². The third kappa shape index (κ3) is 3.63. The lowest BCUT2D eigenvalue weighted by atomic mass is 10.1. The molecule has 20 heavy (non-hydrogen) atoms. The zero-order valence-corrected chi connectivity index (χ0v) is 11.9. The van der Waals surface area contributed by atoms with Crippen LogP contribution in [-0.4, -0.2) is 37.9 Å². The van der Waals surface area contributed by atoms with Crippen molar-refractivity contribution in [2.24, 2.45) is 5.92 Å². The lowest BCUT2D eigenvalue weighted by Crippen LogP contribution is -2.39. The molecule has 0 amide bonds. The van der Waals surface area contributed by atoms with Gasteiger partial charge >= 0.3 is 5.97 Å². The monoisotopic (exact) mass is 279 g/mol. The fourth-order valence-corrected chi connectivity index (χ4v) is 2.29. The van der Waals surface area contributed by atoms with Crippen LogP contribution in [0.1, 0.15) is 18.4 Å². The van der Waals surface area contributed by atoms with Gasteiger partial charge in [-0.05, 0) is 49.4 Å². The zero-order chi connectivity index (χ0) is 14.5. The van der Waals surface area contributed by atoms with Gasteiger partial charge in [0.1, 0.15) is 6.04 Å². The maximum absolute atomic E-state index is 11.1. The molecule has 0 spiro atoms. The second-order valence-electron chi connectivity index (χ2n) is 5.05. The predicted octanol–water partition coefficient (Wildman–Crippen LogP) is 1.70. The Morgan fingerprint density at radius 1 is 1.35 bits per heavy atom. The molecule has 1 aromatic rings. The Morgan fingerprint density at radius 3 is 2.60 bits per heavy atom. The molecular formula is C15H21NO4. The van der Waals surface area contributed by atoms with Gasteiger partial charge in [-0.2, -0.15) is 0 Å². The van der Waals surface area contributed by atoms with Crippen LogP contribution in [-0.2, 0) is 11.2 Å². The van der Waals surface area contributed by atoms with E-state index in [9.17, 15) is 4.79 Å². The Balaban J connectivity index is 1.88. The van der Waals surface area contributed by atoms with Crippen LogP contribution < -0.4 is 14.8 Å². The SMILES string of the molecule is COc1ccc(CCNC(C(=O)O)C2CC2)cc1OC. The molecule has 1 aliphatic carbocycles. The third-order valence-corrected chi connectivity index (χ3v) is 3.59. The lowest BCUT2D eigenvalue weighted by molar-refractivity contribution is -0.140.